The molecule has 0 saturated heterocycles. The number of hydrogen-bond donors (Lipinski definition) is 3. The third-order valence-corrected chi connectivity index (χ3v) is 4.20. The van der Waals surface area contributed by atoms with Crippen LogP contribution in [0.4, 0.5) is 5.69 Å². The highest BCUT2D eigenvalue weighted by Gasteiger charge is 2.27. The monoisotopic (exact) mass is 298 g/mol. The number of benzene rings is 1. The molecule has 0 aromatic heterocycles. The predicted molar refractivity (Wildman–Crippen MR) is 70.7 cm³/mol. The molecule has 1 saturated carbocycles. The van der Waals surface area contributed by atoms with Crippen molar-refractivity contribution in [2.45, 2.75) is 30.2 Å². The SMILES string of the molecule is O=C(O)CC(=O)Nc1ccc(S(=O)(=O)NC2CC2)cc1. The molecule has 1 amide bonds. The summed E-state index contributed by atoms with van der Waals surface area (Å²) in [5.41, 5.74) is 0.349. The van der Waals surface area contributed by atoms with Gasteiger partial charge in [0, 0.05) is 11.7 Å². The van der Waals surface area contributed by atoms with Crippen LogP contribution in [0.2, 0.25) is 0 Å². The summed E-state index contributed by atoms with van der Waals surface area (Å²) in [6.45, 7) is 0. The van der Waals surface area contributed by atoms with Crippen molar-refractivity contribution in [1.29, 1.82) is 0 Å². The first-order chi connectivity index (χ1) is 9.37. The maximum absolute atomic E-state index is 11.9. The molecule has 0 aliphatic heterocycles. The van der Waals surface area contributed by atoms with E-state index in [1.807, 2.05) is 0 Å². The van der Waals surface area contributed by atoms with Crippen LogP contribution in [0, 0.1) is 0 Å². The summed E-state index contributed by atoms with van der Waals surface area (Å²) in [4.78, 5) is 21.7. The van der Waals surface area contributed by atoms with Crippen LogP contribution < -0.4 is 10.0 Å². The molecular weight excluding hydrogens is 284 g/mol. The summed E-state index contributed by atoms with van der Waals surface area (Å²) in [6, 6.07) is 5.58. The molecule has 1 aromatic carbocycles. The molecule has 1 fully saturated rings. The van der Waals surface area contributed by atoms with Gasteiger partial charge in [0.2, 0.25) is 15.9 Å². The molecule has 7 nitrogen and oxygen atoms in total. The van der Waals surface area contributed by atoms with E-state index in [1.54, 1.807) is 0 Å². The highest BCUT2D eigenvalue weighted by atomic mass is 32.2. The van der Waals surface area contributed by atoms with E-state index in [0.717, 1.165) is 12.8 Å². The summed E-state index contributed by atoms with van der Waals surface area (Å²) < 4.78 is 26.3. The number of amides is 1. The molecule has 1 aliphatic rings. The highest BCUT2D eigenvalue weighted by molar-refractivity contribution is 7.89. The van der Waals surface area contributed by atoms with Crippen molar-refractivity contribution in [2.24, 2.45) is 0 Å². The largest absolute Gasteiger partial charge is 0.481 e. The van der Waals surface area contributed by atoms with Gasteiger partial charge in [-0.25, -0.2) is 13.1 Å². The van der Waals surface area contributed by atoms with Gasteiger partial charge < -0.3 is 10.4 Å². The average Bonchev–Trinajstić information content (AvgIpc) is 3.11. The Morgan fingerprint density at radius 1 is 1.20 bits per heavy atom. The highest BCUT2D eigenvalue weighted by Crippen LogP contribution is 2.22. The summed E-state index contributed by atoms with van der Waals surface area (Å²) in [5, 5.41) is 10.8. The zero-order valence-electron chi connectivity index (χ0n) is 10.5. The summed E-state index contributed by atoms with van der Waals surface area (Å²) in [6.07, 6.45) is 1.06. The fourth-order valence-corrected chi connectivity index (χ4v) is 2.85. The third-order valence-electron chi connectivity index (χ3n) is 2.66. The van der Waals surface area contributed by atoms with E-state index in [1.165, 1.54) is 24.3 Å². The zero-order valence-corrected chi connectivity index (χ0v) is 11.3. The van der Waals surface area contributed by atoms with Crippen molar-refractivity contribution in [2.75, 3.05) is 5.32 Å². The summed E-state index contributed by atoms with van der Waals surface area (Å²) in [5.74, 6) is -1.89. The lowest BCUT2D eigenvalue weighted by molar-refractivity contribution is -0.139. The van der Waals surface area contributed by atoms with Crippen LogP contribution in [0.5, 0.6) is 0 Å². The number of anilines is 1. The topological polar surface area (TPSA) is 113 Å². The maximum Gasteiger partial charge on any atom is 0.312 e. The van der Waals surface area contributed by atoms with Gasteiger partial charge in [0.1, 0.15) is 6.42 Å². The molecule has 0 bridgehead atoms. The van der Waals surface area contributed by atoms with E-state index in [2.05, 4.69) is 10.0 Å². The minimum atomic E-state index is -3.52. The first kappa shape index (κ1) is 14.5. The molecule has 0 spiro atoms. The van der Waals surface area contributed by atoms with Gasteiger partial charge in [-0.2, -0.15) is 0 Å². The Morgan fingerprint density at radius 3 is 2.30 bits per heavy atom. The minimum absolute atomic E-state index is 0.0231. The Hall–Kier alpha value is -1.93. The summed E-state index contributed by atoms with van der Waals surface area (Å²) >= 11 is 0. The van der Waals surface area contributed by atoms with Gasteiger partial charge in [-0.1, -0.05) is 0 Å². The van der Waals surface area contributed by atoms with Gasteiger partial charge in [-0.15, -0.1) is 0 Å². The number of carbonyl (C=O) groups excluding carboxylic acids is 1. The molecule has 1 aliphatic carbocycles. The fraction of sp³-hybridized carbons (Fsp3) is 0.333. The lowest BCUT2D eigenvalue weighted by Crippen LogP contribution is -2.25. The standard InChI is InChI=1S/C12H14N2O5S/c15-11(7-12(16)17)13-8-3-5-10(6-4-8)20(18,19)14-9-1-2-9/h3-6,9,14H,1-2,7H2,(H,13,15)(H,16,17). The maximum atomic E-state index is 11.9. The van der Waals surface area contributed by atoms with E-state index in [4.69, 9.17) is 5.11 Å². The number of carboxylic acid groups (broad SMARTS) is 1. The van der Waals surface area contributed by atoms with Gasteiger partial charge in [-0.3, -0.25) is 9.59 Å². The molecule has 0 heterocycles. The van der Waals surface area contributed by atoms with Crippen molar-refractivity contribution in [3.05, 3.63) is 24.3 Å². The number of rotatable bonds is 6. The second-order valence-electron chi connectivity index (χ2n) is 4.54. The lowest BCUT2D eigenvalue weighted by atomic mass is 10.3. The number of carbonyl (C=O) groups is 2. The fourth-order valence-electron chi connectivity index (χ4n) is 1.55. The minimum Gasteiger partial charge on any atom is -0.481 e. The number of hydrogen-bond acceptors (Lipinski definition) is 4. The molecule has 2 rings (SSSR count). The Labute approximate surface area is 116 Å². The number of sulfonamides is 1. The normalized spacial score (nSPS) is 14.8. The molecule has 20 heavy (non-hydrogen) atoms. The van der Waals surface area contributed by atoms with Crippen LogP contribution in [-0.2, 0) is 19.6 Å². The molecule has 0 radical (unpaired) electrons. The van der Waals surface area contributed by atoms with E-state index in [-0.39, 0.29) is 10.9 Å². The van der Waals surface area contributed by atoms with E-state index >= 15 is 0 Å². The zero-order chi connectivity index (χ0) is 14.8. The Bertz CT molecular complexity index is 620. The molecule has 8 heteroatoms. The second kappa shape index (κ2) is 5.59. The average molecular weight is 298 g/mol. The lowest BCUT2D eigenvalue weighted by Gasteiger charge is -2.07. The predicted octanol–water partition coefficient (Wildman–Crippen LogP) is 0.540. The van der Waals surface area contributed by atoms with Gasteiger partial charge in [-0.05, 0) is 37.1 Å². The number of aliphatic carboxylic acids is 1. The van der Waals surface area contributed by atoms with Crippen molar-refractivity contribution < 1.29 is 23.1 Å². The van der Waals surface area contributed by atoms with Crippen LogP contribution in [0.15, 0.2) is 29.2 Å². The summed E-state index contributed by atoms with van der Waals surface area (Å²) in [7, 11) is -3.52. The van der Waals surface area contributed by atoms with Crippen LogP contribution in [0.1, 0.15) is 19.3 Å². The smallest absolute Gasteiger partial charge is 0.312 e. The Balaban J connectivity index is 2.02. The molecular formula is C12H14N2O5S. The molecule has 1 aromatic rings. The molecule has 0 atom stereocenters. The van der Waals surface area contributed by atoms with E-state index in [9.17, 15) is 18.0 Å². The number of carboxylic acids is 1. The van der Waals surface area contributed by atoms with Crippen molar-refractivity contribution in [3.8, 4) is 0 Å². The molecule has 0 unspecified atom stereocenters. The van der Waals surface area contributed by atoms with Crippen molar-refractivity contribution in [1.82, 2.24) is 4.72 Å². The quantitative estimate of drug-likeness (QED) is 0.663. The van der Waals surface area contributed by atoms with E-state index < -0.39 is 28.3 Å². The first-order valence-electron chi connectivity index (χ1n) is 6.01. The van der Waals surface area contributed by atoms with Crippen LogP contribution in [-0.4, -0.2) is 31.4 Å². The Morgan fingerprint density at radius 2 is 1.80 bits per heavy atom. The molecule has 3 N–H and O–H groups in total. The second-order valence-corrected chi connectivity index (χ2v) is 6.25. The van der Waals surface area contributed by atoms with Crippen LogP contribution >= 0.6 is 0 Å². The van der Waals surface area contributed by atoms with Gasteiger partial charge in [0.15, 0.2) is 0 Å². The van der Waals surface area contributed by atoms with Crippen LogP contribution in [0.3, 0.4) is 0 Å². The van der Waals surface area contributed by atoms with Gasteiger partial charge in [0.05, 0.1) is 4.90 Å². The van der Waals surface area contributed by atoms with Crippen molar-refractivity contribution in [3.63, 3.8) is 0 Å². The van der Waals surface area contributed by atoms with E-state index in [0.29, 0.717) is 5.69 Å². The third kappa shape index (κ3) is 4.04. The first-order valence-corrected chi connectivity index (χ1v) is 7.49. The van der Waals surface area contributed by atoms with Gasteiger partial charge in [0.25, 0.3) is 0 Å². The number of nitrogens with one attached hydrogen (secondary N) is 2. The molecule has 108 valence electrons. The van der Waals surface area contributed by atoms with Crippen molar-refractivity contribution >= 4 is 27.6 Å². The Kier molecular flexibility index (Phi) is 4.05. The van der Waals surface area contributed by atoms with Gasteiger partial charge >= 0.3 is 5.97 Å². The van der Waals surface area contributed by atoms with Crippen LogP contribution in [0.25, 0.3) is 0 Å².